The van der Waals surface area contributed by atoms with Crippen LogP contribution in [-0.2, 0) is 4.74 Å². The molecule has 0 amide bonds. The van der Waals surface area contributed by atoms with Crippen LogP contribution in [-0.4, -0.2) is 12.0 Å². The smallest absolute Gasteiger partial charge is 0.104 e. The Morgan fingerprint density at radius 2 is 2.60 bits per heavy atom. The SMILES string of the molecule is C=CSC(C)OCCC#N. The van der Waals surface area contributed by atoms with Gasteiger partial charge >= 0.3 is 0 Å². The standard InChI is InChI=1S/C7H11NOS/c1-3-10-7(2)9-6-4-5-8/h3,7H,1,4,6H2,2H3. The second kappa shape index (κ2) is 6.66. The molecule has 0 aliphatic carbocycles. The van der Waals surface area contributed by atoms with Crippen molar-refractivity contribution in [1.82, 2.24) is 0 Å². The van der Waals surface area contributed by atoms with Gasteiger partial charge in [0, 0.05) is 0 Å². The van der Waals surface area contributed by atoms with Crippen molar-refractivity contribution >= 4 is 11.8 Å². The minimum atomic E-state index is 0.117. The Morgan fingerprint density at radius 3 is 3.10 bits per heavy atom. The summed E-state index contributed by atoms with van der Waals surface area (Å²) in [4.78, 5) is 0. The molecule has 0 spiro atoms. The van der Waals surface area contributed by atoms with Crippen LogP contribution in [0, 0.1) is 11.3 Å². The Bertz CT molecular complexity index is 130. The highest BCUT2D eigenvalue weighted by molar-refractivity contribution is 8.02. The third-order valence-electron chi connectivity index (χ3n) is 0.854. The van der Waals surface area contributed by atoms with Crippen LogP contribution in [0.3, 0.4) is 0 Å². The Kier molecular flexibility index (Phi) is 6.35. The van der Waals surface area contributed by atoms with Gasteiger partial charge in [-0.1, -0.05) is 6.58 Å². The second-order valence-electron chi connectivity index (χ2n) is 1.65. The van der Waals surface area contributed by atoms with E-state index in [0.717, 1.165) is 0 Å². The van der Waals surface area contributed by atoms with Gasteiger partial charge in [0.25, 0.3) is 0 Å². The normalized spacial score (nSPS) is 12.0. The molecule has 0 N–H and O–H groups in total. The third kappa shape index (κ3) is 5.67. The first-order valence-corrected chi connectivity index (χ1v) is 4.00. The van der Waals surface area contributed by atoms with Crippen molar-refractivity contribution in [1.29, 1.82) is 5.26 Å². The molecule has 0 aromatic heterocycles. The molecular formula is C7H11NOS. The van der Waals surface area contributed by atoms with E-state index in [2.05, 4.69) is 6.58 Å². The third-order valence-corrected chi connectivity index (χ3v) is 1.57. The van der Waals surface area contributed by atoms with E-state index in [0.29, 0.717) is 13.0 Å². The molecule has 0 saturated carbocycles. The zero-order valence-corrected chi connectivity index (χ0v) is 6.86. The number of hydrogen-bond donors (Lipinski definition) is 0. The van der Waals surface area contributed by atoms with E-state index in [1.165, 1.54) is 11.8 Å². The molecule has 0 aromatic carbocycles. The second-order valence-corrected chi connectivity index (χ2v) is 2.92. The lowest BCUT2D eigenvalue weighted by Gasteiger charge is -2.07. The van der Waals surface area contributed by atoms with Crippen LogP contribution in [0.25, 0.3) is 0 Å². The zero-order chi connectivity index (χ0) is 7.82. The molecule has 1 unspecified atom stereocenters. The lowest BCUT2D eigenvalue weighted by Crippen LogP contribution is -2.02. The van der Waals surface area contributed by atoms with Crippen LogP contribution >= 0.6 is 11.8 Å². The summed E-state index contributed by atoms with van der Waals surface area (Å²) in [5.74, 6) is 0. The van der Waals surface area contributed by atoms with Gasteiger partial charge in [0.1, 0.15) is 5.44 Å². The summed E-state index contributed by atoms with van der Waals surface area (Å²) < 4.78 is 5.19. The maximum absolute atomic E-state index is 8.15. The van der Waals surface area contributed by atoms with Crippen LogP contribution < -0.4 is 0 Å². The summed E-state index contributed by atoms with van der Waals surface area (Å²) in [6, 6.07) is 2.01. The highest BCUT2D eigenvalue weighted by Gasteiger charge is 1.97. The van der Waals surface area contributed by atoms with Crippen molar-refractivity contribution in [2.75, 3.05) is 6.61 Å². The molecule has 3 heteroatoms. The van der Waals surface area contributed by atoms with Crippen molar-refractivity contribution in [3.8, 4) is 6.07 Å². The van der Waals surface area contributed by atoms with Gasteiger partial charge in [0.05, 0.1) is 19.1 Å². The van der Waals surface area contributed by atoms with Gasteiger partial charge in [-0.05, 0) is 12.3 Å². The first-order valence-electron chi connectivity index (χ1n) is 3.06. The molecule has 0 aliphatic heterocycles. The van der Waals surface area contributed by atoms with Crippen molar-refractivity contribution in [2.45, 2.75) is 18.8 Å². The molecule has 0 fully saturated rings. The number of hydrogen-bond acceptors (Lipinski definition) is 3. The van der Waals surface area contributed by atoms with Gasteiger partial charge in [-0.3, -0.25) is 0 Å². The van der Waals surface area contributed by atoms with Crippen LogP contribution in [0.1, 0.15) is 13.3 Å². The van der Waals surface area contributed by atoms with Crippen LogP contribution in [0.4, 0.5) is 0 Å². The molecule has 0 bridgehead atoms. The maximum Gasteiger partial charge on any atom is 0.104 e. The van der Waals surface area contributed by atoms with Crippen molar-refractivity contribution in [3.63, 3.8) is 0 Å². The van der Waals surface area contributed by atoms with Gasteiger partial charge in [-0.25, -0.2) is 0 Å². The Morgan fingerprint density at radius 1 is 1.90 bits per heavy atom. The molecule has 0 rings (SSSR count). The van der Waals surface area contributed by atoms with Crippen LogP contribution in [0.15, 0.2) is 12.0 Å². The highest BCUT2D eigenvalue weighted by atomic mass is 32.2. The molecule has 0 radical (unpaired) electrons. The molecule has 0 aromatic rings. The van der Waals surface area contributed by atoms with E-state index in [-0.39, 0.29) is 5.44 Å². The number of nitrogens with zero attached hydrogens (tertiary/aromatic N) is 1. The summed E-state index contributed by atoms with van der Waals surface area (Å²) in [5.41, 5.74) is 0.117. The number of rotatable bonds is 5. The number of ether oxygens (including phenoxy) is 1. The number of thioether (sulfide) groups is 1. The monoisotopic (exact) mass is 157 g/mol. The molecule has 56 valence electrons. The summed E-state index contributed by atoms with van der Waals surface area (Å²) >= 11 is 1.51. The van der Waals surface area contributed by atoms with E-state index < -0.39 is 0 Å². The maximum atomic E-state index is 8.15. The van der Waals surface area contributed by atoms with Crippen molar-refractivity contribution < 1.29 is 4.74 Å². The van der Waals surface area contributed by atoms with Gasteiger partial charge in [-0.15, -0.1) is 11.8 Å². The van der Waals surface area contributed by atoms with Gasteiger partial charge in [-0.2, -0.15) is 5.26 Å². The lowest BCUT2D eigenvalue weighted by atomic mass is 10.5. The summed E-state index contributed by atoms with van der Waals surface area (Å²) in [6.07, 6.45) is 0.460. The average Bonchev–Trinajstić information content (AvgIpc) is 1.89. The molecule has 0 aliphatic rings. The zero-order valence-electron chi connectivity index (χ0n) is 6.04. The quantitative estimate of drug-likeness (QED) is 0.453. The number of nitriles is 1. The molecule has 0 saturated heterocycles. The average molecular weight is 157 g/mol. The fourth-order valence-corrected chi connectivity index (χ4v) is 0.891. The summed E-state index contributed by atoms with van der Waals surface area (Å²) in [7, 11) is 0. The topological polar surface area (TPSA) is 33.0 Å². The molecule has 1 atom stereocenters. The Labute approximate surface area is 65.9 Å². The van der Waals surface area contributed by atoms with E-state index in [4.69, 9.17) is 10.00 Å². The Hall–Kier alpha value is -0.460. The largest absolute Gasteiger partial charge is 0.366 e. The van der Waals surface area contributed by atoms with Crippen molar-refractivity contribution in [2.24, 2.45) is 0 Å². The van der Waals surface area contributed by atoms with Crippen molar-refractivity contribution in [3.05, 3.63) is 12.0 Å². The molecule has 10 heavy (non-hydrogen) atoms. The fourth-order valence-electron chi connectivity index (χ4n) is 0.445. The minimum Gasteiger partial charge on any atom is -0.366 e. The minimum absolute atomic E-state index is 0.117. The van der Waals surface area contributed by atoms with Gasteiger partial charge < -0.3 is 4.74 Å². The predicted molar refractivity (Wildman–Crippen MR) is 43.4 cm³/mol. The first-order chi connectivity index (χ1) is 4.81. The predicted octanol–water partition coefficient (Wildman–Crippen LogP) is 2.14. The van der Waals surface area contributed by atoms with Gasteiger partial charge in [0.2, 0.25) is 0 Å². The van der Waals surface area contributed by atoms with Crippen LogP contribution in [0.5, 0.6) is 0 Å². The van der Waals surface area contributed by atoms with E-state index in [1.807, 2.05) is 13.0 Å². The Balaban J connectivity index is 3.14. The van der Waals surface area contributed by atoms with E-state index in [9.17, 15) is 0 Å². The molecule has 0 heterocycles. The summed E-state index contributed by atoms with van der Waals surface area (Å²) in [5, 5.41) is 9.89. The first kappa shape index (κ1) is 9.54. The fraction of sp³-hybridized carbons (Fsp3) is 0.571. The van der Waals surface area contributed by atoms with Crippen LogP contribution in [0.2, 0.25) is 0 Å². The van der Waals surface area contributed by atoms with E-state index in [1.54, 1.807) is 5.41 Å². The molecule has 2 nitrogen and oxygen atoms in total. The molecular weight excluding hydrogens is 146 g/mol. The lowest BCUT2D eigenvalue weighted by molar-refractivity contribution is 0.130. The van der Waals surface area contributed by atoms with Gasteiger partial charge in [0.15, 0.2) is 0 Å². The van der Waals surface area contributed by atoms with E-state index >= 15 is 0 Å². The summed E-state index contributed by atoms with van der Waals surface area (Å²) in [6.45, 7) is 5.99. The highest BCUT2D eigenvalue weighted by Crippen LogP contribution is 2.11.